The molecule has 2 N–H and O–H groups in total. The predicted octanol–water partition coefficient (Wildman–Crippen LogP) is 4.51. The quantitative estimate of drug-likeness (QED) is 0.579. The van der Waals surface area contributed by atoms with Crippen LogP contribution in [0.1, 0.15) is 24.0 Å². The third-order valence-corrected chi connectivity index (χ3v) is 5.98. The molecule has 1 saturated heterocycles. The van der Waals surface area contributed by atoms with Crippen LogP contribution in [0.2, 0.25) is 0 Å². The molecule has 6 heteroatoms. The van der Waals surface area contributed by atoms with Gasteiger partial charge in [-0.05, 0) is 57.2 Å². The molecule has 0 radical (unpaired) electrons. The standard InChI is InChI=1S/C23H21BrN4O/c1-23(18-12-13-26-19(24)14-18)20(21(29)28(2)22(25)27-23)17-10-8-16(9-11-17)15-6-4-3-5-7-15/h3-14,20H,1-2H3,(H2,25,27)/t20-,23-/m1/s1. The van der Waals surface area contributed by atoms with E-state index in [1.54, 1.807) is 13.2 Å². The highest BCUT2D eigenvalue weighted by Gasteiger charge is 2.48. The molecule has 0 aliphatic carbocycles. The molecule has 2 atom stereocenters. The smallest absolute Gasteiger partial charge is 0.239 e. The molecule has 0 spiro atoms. The minimum absolute atomic E-state index is 0.0857. The summed E-state index contributed by atoms with van der Waals surface area (Å²) in [7, 11) is 1.63. The van der Waals surface area contributed by atoms with Crippen LogP contribution >= 0.6 is 15.9 Å². The highest BCUT2D eigenvalue weighted by atomic mass is 79.9. The van der Waals surface area contributed by atoms with Gasteiger partial charge in [0.1, 0.15) is 4.60 Å². The minimum Gasteiger partial charge on any atom is -0.346 e. The Bertz CT molecular complexity index is 1070. The van der Waals surface area contributed by atoms with Gasteiger partial charge in [0, 0.05) is 13.2 Å². The van der Waals surface area contributed by atoms with Crippen LogP contribution in [0.5, 0.6) is 0 Å². The summed E-state index contributed by atoms with van der Waals surface area (Å²) in [5.41, 5.74) is 3.24. The monoisotopic (exact) mass is 448 g/mol. The average molecular weight is 449 g/mol. The molecule has 1 aliphatic heterocycles. The van der Waals surface area contributed by atoms with E-state index in [1.807, 2.05) is 61.5 Å². The van der Waals surface area contributed by atoms with Crippen molar-refractivity contribution >= 4 is 27.8 Å². The molecule has 1 aliphatic rings. The fourth-order valence-electron chi connectivity index (χ4n) is 3.89. The lowest BCUT2D eigenvalue weighted by Gasteiger charge is -2.45. The number of rotatable bonds is 3. The lowest BCUT2D eigenvalue weighted by Crippen LogP contribution is -2.62. The van der Waals surface area contributed by atoms with Gasteiger partial charge in [-0.2, -0.15) is 0 Å². The highest BCUT2D eigenvalue weighted by Crippen LogP contribution is 2.41. The molecule has 1 aromatic heterocycles. The molecule has 1 fully saturated rings. The first-order chi connectivity index (χ1) is 13.9. The number of hydrogen-bond acceptors (Lipinski definition) is 3. The van der Waals surface area contributed by atoms with Crippen molar-refractivity contribution in [1.82, 2.24) is 15.2 Å². The summed E-state index contributed by atoms with van der Waals surface area (Å²) >= 11 is 3.42. The van der Waals surface area contributed by atoms with Crippen molar-refractivity contribution in [3.63, 3.8) is 0 Å². The first-order valence-corrected chi connectivity index (χ1v) is 10.1. The van der Waals surface area contributed by atoms with Gasteiger partial charge in [0.15, 0.2) is 5.96 Å². The second kappa shape index (κ2) is 7.44. The molecule has 146 valence electrons. The third-order valence-electron chi connectivity index (χ3n) is 5.55. The van der Waals surface area contributed by atoms with E-state index in [1.165, 1.54) is 4.90 Å². The van der Waals surface area contributed by atoms with Gasteiger partial charge in [0.2, 0.25) is 5.91 Å². The maximum Gasteiger partial charge on any atom is 0.239 e. The maximum atomic E-state index is 13.3. The second-order valence-electron chi connectivity index (χ2n) is 7.36. The van der Waals surface area contributed by atoms with Crippen molar-refractivity contribution in [2.24, 2.45) is 0 Å². The Labute approximate surface area is 178 Å². The average Bonchev–Trinajstić information content (AvgIpc) is 2.73. The van der Waals surface area contributed by atoms with Crippen molar-refractivity contribution in [2.45, 2.75) is 18.4 Å². The second-order valence-corrected chi connectivity index (χ2v) is 8.17. The van der Waals surface area contributed by atoms with Crippen LogP contribution in [-0.2, 0) is 10.3 Å². The molecule has 3 aromatic rings. The van der Waals surface area contributed by atoms with Crippen LogP contribution < -0.4 is 5.32 Å². The fraction of sp³-hybridized carbons (Fsp3) is 0.174. The number of hydrogen-bond donors (Lipinski definition) is 2. The van der Waals surface area contributed by atoms with Crippen LogP contribution in [-0.4, -0.2) is 28.8 Å². The third kappa shape index (κ3) is 3.44. The van der Waals surface area contributed by atoms with Gasteiger partial charge in [-0.1, -0.05) is 54.6 Å². The van der Waals surface area contributed by atoms with Crippen molar-refractivity contribution in [1.29, 1.82) is 5.41 Å². The highest BCUT2D eigenvalue weighted by molar-refractivity contribution is 9.10. The van der Waals surface area contributed by atoms with Crippen LogP contribution in [0.25, 0.3) is 11.1 Å². The number of halogens is 1. The van der Waals surface area contributed by atoms with Crippen LogP contribution in [0, 0.1) is 5.41 Å². The van der Waals surface area contributed by atoms with E-state index < -0.39 is 11.5 Å². The van der Waals surface area contributed by atoms with Gasteiger partial charge >= 0.3 is 0 Å². The number of likely N-dealkylation sites (N-methyl/N-ethyl adjacent to an activating group) is 1. The molecule has 0 bridgehead atoms. The fourth-order valence-corrected chi connectivity index (χ4v) is 4.26. The number of nitrogens with one attached hydrogen (secondary N) is 2. The van der Waals surface area contributed by atoms with E-state index in [-0.39, 0.29) is 11.9 Å². The first-order valence-electron chi connectivity index (χ1n) is 9.32. The number of pyridine rings is 1. The van der Waals surface area contributed by atoms with E-state index in [2.05, 4.69) is 38.4 Å². The lowest BCUT2D eigenvalue weighted by atomic mass is 9.73. The van der Waals surface area contributed by atoms with Crippen molar-refractivity contribution < 1.29 is 4.79 Å². The van der Waals surface area contributed by atoms with Gasteiger partial charge in [-0.3, -0.25) is 15.1 Å². The van der Waals surface area contributed by atoms with Crippen molar-refractivity contribution in [3.8, 4) is 11.1 Å². The Kier molecular flexibility index (Phi) is 4.96. The van der Waals surface area contributed by atoms with E-state index in [0.717, 1.165) is 22.3 Å². The SMILES string of the molecule is CN1C(=N)N[C@](C)(c2ccnc(Br)c2)[C@H](c2ccc(-c3ccccc3)cc2)C1=O. The molecule has 1 amide bonds. The van der Waals surface area contributed by atoms with Crippen LogP contribution in [0.4, 0.5) is 0 Å². The zero-order valence-corrected chi connectivity index (χ0v) is 17.8. The Hall–Kier alpha value is -2.99. The van der Waals surface area contributed by atoms with Gasteiger partial charge in [-0.25, -0.2) is 4.98 Å². The van der Waals surface area contributed by atoms with Gasteiger partial charge in [-0.15, -0.1) is 0 Å². The first kappa shape index (κ1) is 19.3. The lowest BCUT2D eigenvalue weighted by molar-refractivity contribution is -0.131. The van der Waals surface area contributed by atoms with Crippen LogP contribution in [0.3, 0.4) is 0 Å². The number of carbonyl (C=O) groups is 1. The topological polar surface area (TPSA) is 69.1 Å². The van der Waals surface area contributed by atoms with E-state index in [0.29, 0.717) is 4.60 Å². The zero-order chi connectivity index (χ0) is 20.6. The summed E-state index contributed by atoms with van der Waals surface area (Å²) in [6, 6.07) is 22.0. The number of aromatic nitrogens is 1. The van der Waals surface area contributed by atoms with Crippen molar-refractivity contribution in [2.75, 3.05) is 7.05 Å². The molecule has 2 heterocycles. The number of guanidine groups is 1. The summed E-state index contributed by atoms with van der Waals surface area (Å²) in [6.07, 6.45) is 1.70. The molecule has 5 nitrogen and oxygen atoms in total. The maximum absolute atomic E-state index is 13.3. The summed E-state index contributed by atoms with van der Waals surface area (Å²) in [5.74, 6) is -0.514. The number of carbonyl (C=O) groups excluding carboxylic acids is 1. The van der Waals surface area contributed by atoms with E-state index in [9.17, 15) is 4.79 Å². The Morgan fingerprint density at radius 2 is 1.72 bits per heavy atom. The molecule has 0 saturated carbocycles. The molecule has 2 aromatic carbocycles. The number of benzene rings is 2. The molecule has 29 heavy (non-hydrogen) atoms. The Morgan fingerprint density at radius 3 is 2.38 bits per heavy atom. The molecule has 4 rings (SSSR count). The predicted molar refractivity (Wildman–Crippen MR) is 118 cm³/mol. The van der Waals surface area contributed by atoms with E-state index in [4.69, 9.17) is 5.41 Å². The summed E-state index contributed by atoms with van der Waals surface area (Å²) in [5, 5.41) is 11.5. The van der Waals surface area contributed by atoms with Crippen molar-refractivity contribution in [3.05, 3.63) is 88.7 Å². The number of nitrogens with zero attached hydrogens (tertiary/aromatic N) is 2. The normalized spacial score (nSPS) is 21.8. The van der Waals surface area contributed by atoms with Crippen LogP contribution in [0.15, 0.2) is 77.5 Å². The molecular formula is C23H21BrN4O. The molecule has 0 unspecified atom stereocenters. The van der Waals surface area contributed by atoms with Gasteiger partial charge in [0.25, 0.3) is 0 Å². The summed E-state index contributed by atoms with van der Waals surface area (Å²) in [4.78, 5) is 18.9. The number of amides is 1. The minimum atomic E-state index is -0.777. The Balaban J connectivity index is 1.79. The Morgan fingerprint density at radius 1 is 1.07 bits per heavy atom. The summed E-state index contributed by atoms with van der Waals surface area (Å²) in [6.45, 7) is 1.96. The van der Waals surface area contributed by atoms with Gasteiger partial charge < -0.3 is 5.32 Å². The van der Waals surface area contributed by atoms with Gasteiger partial charge in [0.05, 0.1) is 11.5 Å². The summed E-state index contributed by atoms with van der Waals surface area (Å²) < 4.78 is 0.689. The largest absolute Gasteiger partial charge is 0.346 e. The van der Waals surface area contributed by atoms with E-state index >= 15 is 0 Å². The molecular weight excluding hydrogens is 428 g/mol. The zero-order valence-electron chi connectivity index (χ0n) is 16.2.